The van der Waals surface area contributed by atoms with Crippen molar-refractivity contribution < 1.29 is 19.0 Å². The molecular weight excluding hydrogens is 256 g/mol. The molecule has 1 aromatic rings. The topological polar surface area (TPSA) is 44.8 Å². The van der Waals surface area contributed by atoms with E-state index in [0.29, 0.717) is 30.3 Å². The van der Waals surface area contributed by atoms with Gasteiger partial charge in [-0.15, -0.1) is 0 Å². The fourth-order valence-electron chi connectivity index (χ4n) is 2.32. The van der Waals surface area contributed by atoms with Gasteiger partial charge in [-0.2, -0.15) is 0 Å². The maximum Gasteiger partial charge on any atom is 0.155 e. The van der Waals surface area contributed by atoms with Gasteiger partial charge in [-0.3, -0.25) is 4.79 Å². The summed E-state index contributed by atoms with van der Waals surface area (Å²) in [7, 11) is 3.20. The van der Waals surface area contributed by atoms with Crippen LogP contribution in [0.2, 0.25) is 0 Å². The second-order valence-electron chi connectivity index (χ2n) is 4.80. The zero-order valence-electron chi connectivity index (χ0n) is 12.2. The highest BCUT2D eigenvalue weighted by atomic mass is 16.5. The molecule has 0 unspecified atom stereocenters. The van der Waals surface area contributed by atoms with Gasteiger partial charge < -0.3 is 14.2 Å². The lowest BCUT2D eigenvalue weighted by Crippen LogP contribution is -2.06. The Morgan fingerprint density at radius 1 is 1.15 bits per heavy atom. The van der Waals surface area contributed by atoms with Crippen LogP contribution in [0.15, 0.2) is 18.2 Å². The van der Waals surface area contributed by atoms with Gasteiger partial charge in [0.1, 0.15) is 17.2 Å². The Balaban J connectivity index is 2.56. The smallest absolute Gasteiger partial charge is 0.155 e. The van der Waals surface area contributed by atoms with Crippen LogP contribution in [0.1, 0.15) is 31.7 Å². The number of rotatable bonds is 2. The highest BCUT2D eigenvalue weighted by molar-refractivity contribution is 5.97. The van der Waals surface area contributed by atoms with Crippen LogP contribution in [0.5, 0.6) is 17.2 Å². The van der Waals surface area contributed by atoms with Crippen molar-refractivity contribution in [2.75, 3.05) is 20.8 Å². The lowest BCUT2D eigenvalue weighted by molar-refractivity contribution is -0.114. The molecule has 4 nitrogen and oxygen atoms in total. The first kappa shape index (κ1) is 14.4. The van der Waals surface area contributed by atoms with Gasteiger partial charge in [0, 0.05) is 18.6 Å². The first-order valence-electron chi connectivity index (χ1n) is 6.76. The Labute approximate surface area is 119 Å². The standard InChI is InChI=1S/C16H20O4/c1-11-8-12(17)6-4-5-7-20-15-10-13(18-2)9-14(19-3)16(11)15/h8-10H,4-7H2,1-3H3/b11-8+. The Hall–Kier alpha value is -1.97. The van der Waals surface area contributed by atoms with Crippen molar-refractivity contribution >= 4 is 11.4 Å². The van der Waals surface area contributed by atoms with E-state index < -0.39 is 0 Å². The van der Waals surface area contributed by atoms with E-state index in [9.17, 15) is 4.79 Å². The minimum absolute atomic E-state index is 0.147. The number of allylic oxidation sites excluding steroid dienone is 2. The van der Waals surface area contributed by atoms with Gasteiger partial charge in [0.05, 0.1) is 26.4 Å². The predicted molar refractivity (Wildman–Crippen MR) is 77.6 cm³/mol. The van der Waals surface area contributed by atoms with Crippen LogP contribution in [0.25, 0.3) is 5.57 Å². The summed E-state index contributed by atoms with van der Waals surface area (Å²) in [6.07, 6.45) is 3.94. The molecule has 0 aromatic heterocycles. The molecule has 0 bridgehead atoms. The fraction of sp³-hybridized carbons (Fsp3) is 0.438. The molecule has 1 heterocycles. The Kier molecular flexibility index (Phi) is 4.66. The molecule has 1 aliphatic rings. The number of fused-ring (bicyclic) bond motifs is 1. The number of carbonyl (C=O) groups is 1. The number of ketones is 1. The van der Waals surface area contributed by atoms with Crippen LogP contribution >= 0.6 is 0 Å². The molecule has 0 spiro atoms. The number of ether oxygens (including phenoxy) is 3. The average Bonchev–Trinajstić information content (AvgIpc) is 2.45. The molecule has 0 amide bonds. The zero-order valence-corrected chi connectivity index (χ0v) is 12.2. The molecule has 0 aliphatic carbocycles. The van der Waals surface area contributed by atoms with Gasteiger partial charge in [-0.25, -0.2) is 0 Å². The Morgan fingerprint density at radius 3 is 2.65 bits per heavy atom. The van der Waals surface area contributed by atoms with E-state index in [4.69, 9.17) is 14.2 Å². The third-order valence-corrected chi connectivity index (χ3v) is 3.34. The SMILES string of the molecule is COc1cc(OC)c2c(c1)OCCCCC(=O)/C=C/2C. The van der Waals surface area contributed by atoms with Crippen LogP contribution in [-0.4, -0.2) is 26.6 Å². The van der Waals surface area contributed by atoms with Gasteiger partial charge >= 0.3 is 0 Å². The summed E-state index contributed by atoms with van der Waals surface area (Å²) in [4.78, 5) is 11.9. The summed E-state index contributed by atoms with van der Waals surface area (Å²) in [6, 6.07) is 3.64. The molecule has 1 aliphatic heterocycles. The van der Waals surface area contributed by atoms with Crippen molar-refractivity contribution in [2.45, 2.75) is 26.2 Å². The van der Waals surface area contributed by atoms with E-state index >= 15 is 0 Å². The summed E-state index contributed by atoms with van der Waals surface area (Å²) in [5, 5.41) is 0. The second-order valence-corrected chi connectivity index (χ2v) is 4.80. The first-order chi connectivity index (χ1) is 9.65. The lowest BCUT2D eigenvalue weighted by atomic mass is 10.0. The lowest BCUT2D eigenvalue weighted by Gasteiger charge is -2.18. The molecular formula is C16H20O4. The van der Waals surface area contributed by atoms with Gasteiger partial charge in [-0.05, 0) is 31.4 Å². The van der Waals surface area contributed by atoms with Crippen molar-refractivity contribution in [2.24, 2.45) is 0 Å². The predicted octanol–water partition coefficient (Wildman–Crippen LogP) is 3.24. The quantitative estimate of drug-likeness (QED) is 0.832. The van der Waals surface area contributed by atoms with E-state index in [1.165, 1.54) is 0 Å². The number of hydrogen-bond donors (Lipinski definition) is 0. The van der Waals surface area contributed by atoms with Crippen LogP contribution < -0.4 is 14.2 Å². The molecule has 4 heteroatoms. The number of carbonyl (C=O) groups excluding carboxylic acids is 1. The van der Waals surface area contributed by atoms with Crippen molar-refractivity contribution in [1.29, 1.82) is 0 Å². The average molecular weight is 276 g/mol. The highest BCUT2D eigenvalue weighted by Gasteiger charge is 2.17. The minimum atomic E-state index is 0.147. The largest absolute Gasteiger partial charge is 0.496 e. The molecule has 0 saturated carbocycles. The number of benzene rings is 1. The van der Waals surface area contributed by atoms with Crippen LogP contribution in [0.4, 0.5) is 0 Å². The number of methoxy groups -OCH3 is 2. The molecule has 0 saturated heterocycles. The van der Waals surface area contributed by atoms with E-state index in [1.54, 1.807) is 26.4 Å². The fourth-order valence-corrected chi connectivity index (χ4v) is 2.32. The van der Waals surface area contributed by atoms with Gasteiger partial charge in [0.2, 0.25) is 0 Å². The number of hydrogen-bond acceptors (Lipinski definition) is 4. The van der Waals surface area contributed by atoms with Gasteiger partial charge in [0.15, 0.2) is 5.78 Å². The van der Waals surface area contributed by atoms with Crippen LogP contribution in [0.3, 0.4) is 0 Å². The third kappa shape index (κ3) is 3.13. The third-order valence-electron chi connectivity index (χ3n) is 3.34. The summed E-state index contributed by atoms with van der Waals surface area (Å²) < 4.78 is 16.5. The van der Waals surface area contributed by atoms with Gasteiger partial charge in [-0.1, -0.05) is 0 Å². The monoisotopic (exact) mass is 276 g/mol. The summed E-state index contributed by atoms with van der Waals surface area (Å²) in [5.41, 5.74) is 1.68. The molecule has 2 rings (SSSR count). The Bertz CT molecular complexity index is 532. The highest BCUT2D eigenvalue weighted by Crippen LogP contribution is 2.39. The van der Waals surface area contributed by atoms with Crippen molar-refractivity contribution in [3.8, 4) is 17.2 Å². The van der Waals surface area contributed by atoms with Gasteiger partial charge in [0.25, 0.3) is 0 Å². The maximum absolute atomic E-state index is 11.9. The first-order valence-corrected chi connectivity index (χ1v) is 6.76. The maximum atomic E-state index is 11.9. The molecule has 0 atom stereocenters. The molecule has 20 heavy (non-hydrogen) atoms. The van der Waals surface area contributed by atoms with Crippen molar-refractivity contribution in [3.63, 3.8) is 0 Å². The molecule has 0 N–H and O–H groups in total. The molecule has 1 aromatic carbocycles. The van der Waals surface area contributed by atoms with Crippen LogP contribution in [-0.2, 0) is 4.79 Å². The minimum Gasteiger partial charge on any atom is -0.496 e. The summed E-state index contributed by atoms with van der Waals surface area (Å²) in [6.45, 7) is 2.49. The van der Waals surface area contributed by atoms with Crippen molar-refractivity contribution in [3.05, 3.63) is 23.8 Å². The van der Waals surface area contributed by atoms with Crippen LogP contribution in [0, 0.1) is 0 Å². The van der Waals surface area contributed by atoms with E-state index in [2.05, 4.69) is 0 Å². The molecule has 0 radical (unpaired) electrons. The summed E-state index contributed by atoms with van der Waals surface area (Å²) in [5.74, 6) is 2.18. The molecule has 0 fully saturated rings. The zero-order chi connectivity index (χ0) is 14.5. The summed E-state index contributed by atoms with van der Waals surface area (Å²) >= 11 is 0. The van der Waals surface area contributed by atoms with E-state index in [-0.39, 0.29) is 5.78 Å². The van der Waals surface area contributed by atoms with E-state index in [1.807, 2.05) is 13.0 Å². The molecule has 108 valence electrons. The van der Waals surface area contributed by atoms with Crippen molar-refractivity contribution in [1.82, 2.24) is 0 Å². The second kappa shape index (κ2) is 6.46. The normalized spacial score (nSPS) is 18.4. The Morgan fingerprint density at radius 2 is 1.95 bits per heavy atom. The van der Waals surface area contributed by atoms with E-state index in [0.717, 1.165) is 24.0 Å².